The van der Waals surface area contributed by atoms with Gasteiger partial charge in [0.1, 0.15) is 11.6 Å². The molecule has 0 unspecified atom stereocenters. The van der Waals surface area contributed by atoms with E-state index in [9.17, 15) is 18.0 Å². The third-order valence-electron chi connectivity index (χ3n) is 4.95. The summed E-state index contributed by atoms with van der Waals surface area (Å²) in [6, 6.07) is 14.2. The Bertz CT molecular complexity index is 1130. The number of halogens is 3. The van der Waals surface area contributed by atoms with E-state index < -0.39 is 6.36 Å². The van der Waals surface area contributed by atoms with E-state index in [4.69, 9.17) is 4.74 Å². The molecule has 0 atom stereocenters. The second kappa shape index (κ2) is 9.45. The van der Waals surface area contributed by atoms with Gasteiger partial charge in [-0.3, -0.25) is 4.79 Å². The fraction of sp³-hybridized carbons (Fsp3) is 0.261. The molecule has 0 aliphatic carbocycles. The Morgan fingerprint density at radius 1 is 1.06 bits per heavy atom. The summed E-state index contributed by atoms with van der Waals surface area (Å²) in [5.74, 6) is 0.491. The van der Waals surface area contributed by atoms with Gasteiger partial charge in [-0.05, 0) is 31.2 Å². The number of carbonyl (C=O) groups excluding carboxylic acids is 1. The lowest BCUT2D eigenvalue weighted by Crippen LogP contribution is -2.37. The SMILES string of the molecule is CC(=O)c1ccccc1-c1cc(Nc2ccc(OC(F)(F)F)cc2)nc(N2CCOCC2)n1. The molecule has 0 spiro atoms. The molecule has 1 N–H and O–H groups in total. The lowest BCUT2D eigenvalue weighted by Gasteiger charge is -2.27. The minimum atomic E-state index is -4.76. The van der Waals surface area contributed by atoms with E-state index in [1.807, 2.05) is 17.0 Å². The number of nitrogens with zero attached hydrogens (tertiary/aromatic N) is 3. The van der Waals surface area contributed by atoms with Crippen molar-refractivity contribution >= 4 is 23.2 Å². The first-order valence-electron chi connectivity index (χ1n) is 10.2. The summed E-state index contributed by atoms with van der Waals surface area (Å²) in [7, 11) is 0. The Morgan fingerprint density at radius 2 is 1.76 bits per heavy atom. The van der Waals surface area contributed by atoms with Crippen molar-refractivity contribution in [1.29, 1.82) is 0 Å². The zero-order valence-electron chi connectivity index (χ0n) is 17.7. The number of carbonyl (C=O) groups is 1. The maximum atomic E-state index is 12.4. The molecule has 7 nitrogen and oxygen atoms in total. The molecule has 0 radical (unpaired) electrons. The Morgan fingerprint density at radius 3 is 2.42 bits per heavy atom. The average molecular weight is 458 g/mol. The number of hydrogen-bond acceptors (Lipinski definition) is 7. The van der Waals surface area contributed by atoms with Gasteiger partial charge >= 0.3 is 6.36 Å². The van der Waals surface area contributed by atoms with Gasteiger partial charge in [-0.2, -0.15) is 4.98 Å². The second-order valence-electron chi connectivity index (χ2n) is 7.34. The molecule has 4 rings (SSSR count). The van der Waals surface area contributed by atoms with Crippen LogP contribution in [0.1, 0.15) is 17.3 Å². The van der Waals surface area contributed by atoms with E-state index in [1.54, 1.807) is 18.2 Å². The third kappa shape index (κ3) is 5.78. The fourth-order valence-electron chi connectivity index (χ4n) is 3.44. The monoisotopic (exact) mass is 458 g/mol. The highest BCUT2D eigenvalue weighted by Gasteiger charge is 2.31. The summed E-state index contributed by atoms with van der Waals surface area (Å²) in [6.07, 6.45) is -4.76. The summed E-state index contributed by atoms with van der Waals surface area (Å²) in [5, 5.41) is 3.10. The molecule has 1 aliphatic heterocycles. The highest BCUT2D eigenvalue weighted by atomic mass is 19.4. The van der Waals surface area contributed by atoms with E-state index in [2.05, 4.69) is 20.0 Å². The number of nitrogens with one attached hydrogen (secondary N) is 1. The fourth-order valence-corrected chi connectivity index (χ4v) is 3.44. The Balaban J connectivity index is 1.69. The maximum absolute atomic E-state index is 12.4. The van der Waals surface area contributed by atoms with E-state index in [0.717, 1.165) is 0 Å². The first kappa shape index (κ1) is 22.5. The number of alkyl halides is 3. The first-order chi connectivity index (χ1) is 15.8. The molecule has 10 heteroatoms. The number of rotatable bonds is 6. The quantitative estimate of drug-likeness (QED) is 0.531. The van der Waals surface area contributed by atoms with E-state index in [0.29, 0.717) is 60.6 Å². The number of ether oxygens (including phenoxy) is 2. The van der Waals surface area contributed by atoms with Gasteiger partial charge in [0.25, 0.3) is 0 Å². The van der Waals surface area contributed by atoms with Gasteiger partial charge in [-0.1, -0.05) is 24.3 Å². The van der Waals surface area contributed by atoms with Crippen LogP contribution in [-0.2, 0) is 4.74 Å². The first-order valence-corrected chi connectivity index (χ1v) is 10.2. The molecule has 1 fully saturated rings. The van der Waals surface area contributed by atoms with E-state index >= 15 is 0 Å². The van der Waals surface area contributed by atoms with Gasteiger partial charge in [0.05, 0.1) is 18.9 Å². The largest absolute Gasteiger partial charge is 0.573 e. The van der Waals surface area contributed by atoms with Crippen molar-refractivity contribution in [3.05, 3.63) is 60.2 Å². The molecule has 1 aliphatic rings. The Hall–Kier alpha value is -3.66. The normalized spacial score (nSPS) is 14.1. The highest BCUT2D eigenvalue weighted by molar-refractivity contribution is 6.00. The van der Waals surface area contributed by atoms with Crippen LogP contribution in [0.25, 0.3) is 11.3 Å². The molecule has 0 saturated carbocycles. The minimum Gasteiger partial charge on any atom is -0.406 e. The topological polar surface area (TPSA) is 76.6 Å². The summed E-state index contributed by atoms with van der Waals surface area (Å²) in [5.41, 5.74) is 2.27. The number of morpholine rings is 1. The number of ketones is 1. The van der Waals surface area contributed by atoms with Crippen molar-refractivity contribution in [1.82, 2.24) is 9.97 Å². The van der Waals surface area contributed by atoms with Crippen molar-refractivity contribution in [2.75, 3.05) is 36.5 Å². The van der Waals surface area contributed by atoms with Gasteiger partial charge in [-0.15, -0.1) is 13.2 Å². The van der Waals surface area contributed by atoms with Gasteiger partial charge < -0.3 is 19.7 Å². The van der Waals surface area contributed by atoms with Crippen molar-refractivity contribution in [3.63, 3.8) is 0 Å². The van der Waals surface area contributed by atoms with Crippen LogP contribution < -0.4 is 15.0 Å². The molecule has 1 saturated heterocycles. The molecule has 0 amide bonds. The summed E-state index contributed by atoms with van der Waals surface area (Å²) < 4.78 is 46.6. The van der Waals surface area contributed by atoms with Crippen LogP contribution in [0.15, 0.2) is 54.6 Å². The lowest BCUT2D eigenvalue weighted by atomic mass is 10.0. The van der Waals surface area contributed by atoms with Crippen molar-refractivity contribution in [2.24, 2.45) is 0 Å². The predicted octanol–water partition coefficient (Wildman–Crippen LogP) is 4.83. The molecular formula is C23H21F3N4O3. The summed E-state index contributed by atoms with van der Waals surface area (Å²) >= 11 is 0. The van der Waals surface area contributed by atoms with Crippen LogP contribution in [0.3, 0.4) is 0 Å². The number of hydrogen-bond donors (Lipinski definition) is 1. The van der Waals surface area contributed by atoms with Gasteiger partial charge in [0.2, 0.25) is 5.95 Å². The van der Waals surface area contributed by atoms with Crippen molar-refractivity contribution in [3.8, 4) is 17.0 Å². The zero-order chi connectivity index (χ0) is 23.4. The lowest BCUT2D eigenvalue weighted by molar-refractivity contribution is -0.274. The third-order valence-corrected chi connectivity index (χ3v) is 4.95. The van der Waals surface area contributed by atoms with Gasteiger partial charge in [0, 0.05) is 36.0 Å². The van der Waals surface area contributed by atoms with Crippen LogP contribution >= 0.6 is 0 Å². The maximum Gasteiger partial charge on any atom is 0.573 e. The Labute approximate surface area is 188 Å². The van der Waals surface area contributed by atoms with Crippen molar-refractivity contribution in [2.45, 2.75) is 13.3 Å². The molecule has 0 bridgehead atoms. The second-order valence-corrected chi connectivity index (χ2v) is 7.34. The molecule has 2 heterocycles. The molecule has 2 aromatic carbocycles. The molecule has 1 aromatic heterocycles. The van der Waals surface area contributed by atoms with Gasteiger partial charge in [-0.25, -0.2) is 4.98 Å². The highest BCUT2D eigenvalue weighted by Crippen LogP contribution is 2.29. The zero-order valence-corrected chi connectivity index (χ0v) is 17.7. The van der Waals surface area contributed by atoms with E-state index in [-0.39, 0.29) is 11.5 Å². The molecule has 3 aromatic rings. The van der Waals surface area contributed by atoms with Crippen LogP contribution in [0.5, 0.6) is 5.75 Å². The van der Waals surface area contributed by atoms with E-state index in [1.165, 1.54) is 31.2 Å². The Kier molecular flexibility index (Phi) is 6.45. The summed E-state index contributed by atoms with van der Waals surface area (Å²) in [4.78, 5) is 23.4. The van der Waals surface area contributed by atoms with Crippen LogP contribution in [0, 0.1) is 0 Å². The number of Topliss-reactive ketones (excluding diaryl/α,β-unsaturated/α-hetero) is 1. The average Bonchev–Trinajstić information content (AvgIpc) is 2.80. The molecular weight excluding hydrogens is 437 g/mol. The number of aromatic nitrogens is 2. The van der Waals surface area contributed by atoms with Crippen LogP contribution in [-0.4, -0.2) is 48.4 Å². The minimum absolute atomic E-state index is 0.0908. The van der Waals surface area contributed by atoms with Crippen LogP contribution in [0.4, 0.5) is 30.6 Å². The number of anilines is 3. The molecule has 172 valence electrons. The smallest absolute Gasteiger partial charge is 0.406 e. The van der Waals surface area contributed by atoms with Crippen LogP contribution in [0.2, 0.25) is 0 Å². The molecule has 33 heavy (non-hydrogen) atoms. The standard InChI is InChI=1S/C23H21F3N4O3/c1-15(31)18-4-2-3-5-19(18)20-14-21(29-22(28-20)30-10-12-32-13-11-30)27-16-6-8-17(9-7-16)33-23(24,25)26/h2-9,14H,10-13H2,1H3,(H,27,28,29). The number of benzene rings is 2. The summed E-state index contributed by atoms with van der Waals surface area (Å²) in [6.45, 7) is 3.80. The van der Waals surface area contributed by atoms with Gasteiger partial charge in [0.15, 0.2) is 5.78 Å². The predicted molar refractivity (Wildman–Crippen MR) is 117 cm³/mol. The van der Waals surface area contributed by atoms with Crippen molar-refractivity contribution < 1.29 is 27.4 Å².